The van der Waals surface area contributed by atoms with E-state index >= 15 is 0 Å². The topological polar surface area (TPSA) is 35.6 Å². The predicted octanol–water partition coefficient (Wildman–Crippen LogP) is 5.48. The summed E-state index contributed by atoms with van der Waals surface area (Å²) < 4.78 is 0. The van der Waals surface area contributed by atoms with Crippen molar-refractivity contribution in [3.8, 4) is 0 Å². The molecule has 0 radical (unpaired) electrons. The summed E-state index contributed by atoms with van der Waals surface area (Å²) in [6.45, 7) is 8.28. The Morgan fingerprint density at radius 3 is 2.52 bits per heavy atom. The molecule has 2 saturated heterocycles. The third-order valence-electron chi connectivity index (χ3n) is 7.89. The predicted molar refractivity (Wildman–Crippen MR) is 130 cm³/mol. The van der Waals surface area contributed by atoms with Crippen molar-refractivity contribution < 1.29 is 4.79 Å². The number of hydrogen-bond acceptors (Lipinski definition) is 3. The van der Waals surface area contributed by atoms with Crippen molar-refractivity contribution in [3.63, 3.8) is 0 Å². The number of carbonyl (C=O) groups excluding carboxylic acids is 1. The van der Waals surface area contributed by atoms with Gasteiger partial charge in [-0.1, -0.05) is 32.6 Å². The van der Waals surface area contributed by atoms with Crippen LogP contribution in [-0.2, 0) is 0 Å². The van der Waals surface area contributed by atoms with Crippen molar-refractivity contribution in [2.75, 3.05) is 37.6 Å². The first-order valence-corrected chi connectivity index (χ1v) is 13.1. The fourth-order valence-electron chi connectivity index (χ4n) is 6.04. The van der Waals surface area contributed by atoms with Crippen molar-refractivity contribution in [1.82, 2.24) is 10.2 Å². The molecule has 1 N–H and O–H groups in total. The Morgan fingerprint density at radius 1 is 0.968 bits per heavy atom. The van der Waals surface area contributed by atoms with Crippen LogP contribution in [0.15, 0.2) is 24.3 Å². The van der Waals surface area contributed by atoms with Gasteiger partial charge in [-0.2, -0.15) is 0 Å². The minimum absolute atomic E-state index is 0.115. The summed E-state index contributed by atoms with van der Waals surface area (Å²) in [5.74, 6) is 1.61. The third-order valence-corrected chi connectivity index (χ3v) is 7.89. The van der Waals surface area contributed by atoms with Gasteiger partial charge in [0, 0.05) is 43.5 Å². The number of unbranched alkanes of at least 4 members (excludes halogenated alkanes) is 1. The van der Waals surface area contributed by atoms with Crippen LogP contribution in [-0.4, -0.2) is 49.6 Å². The normalized spacial score (nSPS) is 27.4. The number of nitrogens with one attached hydrogen (secondary N) is 1. The Hall–Kier alpha value is -1.55. The van der Waals surface area contributed by atoms with Gasteiger partial charge in [0.25, 0.3) is 5.91 Å². The fourth-order valence-corrected chi connectivity index (χ4v) is 6.04. The average Bonchev–Trinajstić information content (AvgIpc) is 3.34. The summed E-state index contributed by atoms with van der Waals surface area (Å²) in [6.07, 6.45) is 14.3. The number of hydrogen-bond donors (Lipinski definition) is 1. The number of benzene rings is 1. The van der Waals surface area contributed by atoms with Gasteiger partial charge in [-0.15, -0.1) is 0 Å². The monoisotopic (exact) mass is 425 g/mol. The van der Waals surface area contributed by atoms with Crippen LogP contribution in [0.1, 0.15) is 87.9 Å². The molecule has 0 bridgehead atoms. The van der Waals surface area contributed by atoms with E-state index in [0.717, 1.165) is 31.0 Å². The molecule has 2 aliphatic heterocycles. The Kier molecular flexibility index (Phi) is 8.29. The summed E-state index contributed by atoms with van der Waals surface area (Å²) in [4.78, 5) is 18.1. The number of amides is 1. The lowest BCUT2D eigenvalue weighted by atomic mass is 9.83. The molecule has 3 aliphatic rings. The molecule has 1 saturated carbocycles. The van der Waals surface area contributed by atoms with Gasteiger partial charge in [-0.05, 0) is 87.6 Å². The van der Waals surface area contributed by atoms with Gasteiger partial charge in [0.15, 0.2) is 0 Å². The molecule has 4 nitrogen and oxygen atoms in total. The van der Waals surface area contributed by atoms with Gasteiger partial charge in [0.05, 0.1) is 0 Å². The van der Waals surface area contributed by atoms with Crippen molar-refractivity contribution in [3.05, 3.63) is 29.8 Å². The molecular weight excluding hydrogens is 382 g/mol. The summed E-state index contributed by atoms with van der Waals surface area (Å²) in [5.41, 5.74) is 2.07. The van der Waals surface area contributed by atoms with Crippen molar-refractivity contribution >= 4 is 11.6 Å². The van der Waals surface area contributed by atoms with Gasteiger partial charge in [0.1, 0.15) is 0 Å². The largest absolute Gasteiger partial charge is 0.372 e. The highest BCUT2D eigenvalue weighted by Crippen LogP contribution is 2.29. The molecule has 172 valence electrons. The van der Waals surface area contributed by atoms with Crippen LogP contribution in [0.5, 0.6) is 0 Å². The van der Waals surface area contributed by atoms with Crippen LogP contribution < -0.4 is 10.2 Å². The molecule has 1 amide bonds. The van der Waals surface area contributed by atoms with E-state index in [4.69, 9.17) is 0 Å². The highest BCUT2D eigenvalue weighted by atomic mass is 16.1. The van der Waals surface area contributed by atoms with Gasteiger partial charge in [-0.25, -0.2) is 0 Å². The fraction of sp³-hybridized carbons (Fsp3) is 0.741. The van der Waals surface area contributed by atoms with Gasteiger partial charge in [-0.3, -0.25) is 4.79 Å². The minimum Gasteiger partial charge on any atom is -0.372 e. The van der Waals surface area contributed by atoms with Crippen LogP contribution in [0, 0.1) is 11.8 Å². The smallest absolute Gasteiger partial charge is 0.251 e. The zero-order valence-electron chi connectivity index (χ0n) is 19.7. The van der Waals surface area contributed by atoms with Crippen molar-refractivity contribution in [2.24, 2.45) is 11.8 Å². The zero-order valence-corrected chi connectivity index (χ0v) is 19.7. The van der Waals surface area contributed by atoms with Crippen LogP contribution in [0.2, 0.25) is 0 Å². The first-order valence-electron chi connectivity index (χ1n) is 13.1. The molecule has 31 heavy (non-hydrogen) atoms. The Balaban J connectivity index is 1.31. The SMILES string of the molecule is CCCCC1CCCN(C[C@@H]2CCCCC2NC(=O)c2ccc(N3CCCC3)cc2)C1. The lowest BCUT2D eigenvalue weighted by Gasteiger charge is -2.39. The number of anilines is 1. The van der Waals surface area contributed by atoms with Crippen LogP contribution in [0.4, 0.5) is 5.69 Å². The third kappa shape index (κ3) is 6.25. The molecule has 4 heteroatoms. The maximum absolute atomic E-state index is 13.0. The molecule has 3 atom stereocenters. The first kappa shape index (κ1) is 22.6. The number of piperidine rings is 1. The van der Waals surface area contributed by atoms with E-state index in [1.165, 1.54) is 89.5 Å². The lowest BCUT2D eigenvalue weighted by Crippen LogP contribution is -2.48. The first-order chi connectivity index (χ1) is 15.2. The molecule has 0 spiro atoms. The highest BCUT2D eigenvalue weighted by molar-refractivity contribution is 5.94. The molecule has 1 aromatic carbocycles. The maximum atomic E-state index is 13.0. The molecule has 2 unspecified atom stereocenters. The minimum atomic E-state index is 0.115. The van der Waals surface area contributed by atoms with E-state index in [2.05, 4.69) is 34.2 Å². The van der Waals surface area contributed by atoms with Crippen LogP contribution >= 0.6 is 0 Å². The summed E-state index contributed by atoms with van der Waals surface area (Å²) in [7, 11) is 0. The maximum Gasteiger partial charge on any atom is 0.251 e. The van der Waals surface area contributed by atoms with E-state index in [9.17, 15) is 4.79 Å². The van der Waals surface area contributed by atoms with Crippen molar-refractivity contribution in [1.29, 1.82) is 0 Å². The number of likely N-dealkylation sites (tertiary alicyclic amines) is 1. The number of carbonyl (C=O) groups is 1. The van der Waals surface area contributed by atoms with E-state index < -0.39 is 0 Å². The second-order valence-corrected chi connectivity index (χ2v) is 10.3. The number of rotatable bonds is 8. The number of nitrogens with zero attached hydrogens (tertiary/aromatic N) is 2. The Morgan fingerprint density at radius 2 is 1.74 bits per heavy atom. The highest BCUT2D eigenvalue weighted by Gasteiger charge is 2.30. The Labute approximate surface area is 189 Å². The van der Waals surface area contributed by atoms with Gasteiger partial charge < -0.3 is 15.1 Å². The second kappa shape index (κ2) is 11.4. The molecular formula is C27H43N3O. The van der Waals surface area contributed by atoms with E-state index in [1.54, 1.807) is 0 Å². The van der Waals surface area contributed by atoms with E-state index in [-0.39, 0.29) is 5.91 Å². The van der Waals surface area contributed by atoms with Crippen LogP contribution in [0.25, 0.3) is 0 Å². The molecule has 4 rings (SSSR count). The van der Waals surface area contributed by atoms with Gasteiger partial charge in [0.2, 0.25) is 0 Å². The molecule has 3 fully saturated rings. The summed E-state index contributed by atoms with van der Waals surface area (Å²) in [5, 5.41) is 3.43. The van der Waals surface area contributed by atoms with Crippen molar-refractivity contribution in [2.45, 2.75) is 83.6 Å². The second-order valence-electron chi connectivity index (χ2n) is 10.3. The molecule has 1 aliphatic carbocycles. The molecule has 1 aromatic rings. The average molecular weight is 426 g/mol. The van der Waals surface area contributed by atoms with Gasteiger partial charge >= 0.3 is 0 Å². The summed E-state index contributed by atoms with van der Waals surface area (Å²) >= 11 is 0. The van der Waals surface area contributed by atoms with Crippen LogP contribution in [0.3, 0.4) is 0 Å². The Bertz CT molecular complexity index is 682. The lowest BCUT2D eigenvalue weighted by molar-refractivity contribution is 0.0853. The standard InChI is InChI=1S/C27H43N3O/c1-2-3-9-22-10-8-17-29(20-22)21-24-11-4-5-12-26(24)28-27(31)23-13-15-25(16-14-23)30-18-6-7-19-30/h13-16,22,24,26H,2-12,17-21H2,1H3,(H,28,31)/t22?,24-,26?/m0/s1. The zero-order chi connectivity index (χ0) is 21.5. The van der Waals surface area contributed by atoms with E-state index in [1.807, 2.05) is 12.1 Å². The summed E-state index contributed by atoms with van der Waals surface area (Å²) in [6, 6.07) is 8.62. The molecule has 0 aromatic heterocycles. The quantitative estimate of drug-likeness (QED) is 0.599. The molecule has 2 heterocycles. The van der Waals surface area contributed by atoms with E-state index in [0.29, 0.717) is 12.0 Å².